The molecular formula is C15H25N3O. The molecule has 3 rings (SSSR count). The van der Waals surface area contributed by atoms with Crippen LogP contribution in [0.2, 0.25) is 0 Å². The molecule has 1 aromatic heterocycles. The van der Waals surface area contributed by atoms with E-state index in [1.165, 1.54) is 31.2 Å². The van der Waals surface area contributed by atoms with Crippen LogP contribution in [0.5, 0.6) is 5.88 Å². The van der Waals surface area contributed by atoms with E-state index in [2.05, 4.69) is 17.3 Å². The summed E-state index contributed by atoms with van der Waals surface area (Å²) in [6, 6.07) is 0. The van der Waals surface area contributed by atoms with Crippen molar-refractivity contribution in [3.63, 3.8) is 0 Å². The minimum atomic E-state index is 0.872. The van der Waals surface area contributed by atoms with Gasteiger partial charge >= 0.3 is 0 Å². The Labute approximate surface area is 115 Å². The Hall–Kier alpha value is -1.03. The molecule has 2 saturated carbocycles. The Bertz CT molecular complexity index is 454. The predicted octanol–water partition coefficient (Wildman–Crippen LogP) is 2.26. The van der Waals surface area contributed by atoms with Gasteiger partial charge in [-0.1, -0.05) is 6.42 Å². The second-order valence-electron chi connectivity index (χ2n) is 6.26. The lowest BCUT2D eigenvalue weighted by Crippen LogP contribution is -2.26. The van der Waals surface area contributed by atoms with Crippen LogP contribution in [0.4, 0.5) is 0 Å². The van der Waals surface area contributed by atoms with E-state index in [1.807, 2.05) is 11.7 Å². The first-order chi connectivity index (χ1) is 9.19. The molecular weight excluding hydrogens is 238 g/mol. The van der Waals surface area contributed by atoms with Gasteiger partial charge < -0.3 is 10.1 Å². The zero-order chi connectivity index (χ0) is 13.4. The zero-order valence-electron chi connectivity index (χ0n) is 12.3. The summed E-state index contributed by atoms with van der Waals surface area (Å²) >= 11 is 0. The molecule has 0 saturated heterocycles. The molecule has 0 amide bonds. The lowest BCUT2D eigenvalue weighted by Gasteiger charge is -2.21. The van der Waals surface area contributed by atoms with Crippen molar-refractivity contribution in [2.75, 3.05) is 13.7 Å². The molecule has 2 aliphatic rings. The molecule has 0 aromatic carbocycles. The standard InChI is InChI=1S/C15H25N3O/c1-10-14(15(19-3)18(2)17-10)9-16-8-13-7-11-4-5-12(13)6-11/h11-13,16H,4-9H2,1-3H3. The third-order valence-electron chi connectivity index (χ3n) is 5.07. The molecule has 0 spiro atoms. The molecule has 0 aliphatic heterocycles. The average molecular weight is 263 g/mol. The van der Waals surface area contributed by atoms with Gasteiger partial charge in [0, 0.05) is 13.6 Å². The number of aryl methyl sites for hydroxylation is 2. The van der Waals surface area contributed by atoms with Gasteiger partial charge in [-0.15, -0.1) is 0 Å². The first kappa shape index (κ1) is 13.0. The van der Waals surface area contributed by atoms with E-state index in [9.17, 15) is 0 Å². The maximum Gasteiger partial charge on any atom is 0.216 e. The van der Waals surface area contributed by atoms with Crippen LogP contribution >= 0.6 is 0 Å². The number of aromatic nitrogens is 2. The van der Waals surface area contributed by atoms with Gasteiger partial charge in [-0.05, 0) is 50.5 Å². The maximum absolute atomic E-state index is 5.43. The Kier molecular flexibility index (Phi) is 3.52. The summed E-state index contributed by atoms with van der Waals surface area (Å²) in [5.74, 6) is 3.82. The number of hydrogen-bond donors (Lipinski definition) is 1. The highest BCUT2D eigenvalue weighted by Crippen LogP contribution is 2.47. The number of nitrogens with one attached hydrogen (secondary N) is 1. The van der Waals surface area contributed by atoms with Gasteiger partial charge in [0.15, 0.2) is 0 Å². The molecule has 19 heavy (non-hydrogen) atoms. The number of methoxy groups -OCH3 is 1. The topological polar surface area (TPSA) is 39.1 Å². The number of fused-ring (bicyclic) bond motifs is 2. The minimum Gasteiger partial charge on any atom is -0.481 e. The molecule has 2 bridgehead atoms. The fourth-order valence-electron chi connectivity index (χ4n) is 4.15. The molecule has 1 heterocycles. The van der Waals surface area contributed by atoms with Crippen molar-refractivity contribution < 1.29 is 4.74 Å². The van der Waals surface area contributed by atoms with Gasteiger partial charge in [0.05, 0.1) is 18.4 Å². The van der Waals surface area contributed by atoms with E-state index < -0.39 is 0 Å². The summed E-state index contributed by atoms with van der Waals surface area (Å²) in [6.45, 7) is 4.08. The third-order valence-corrected chi connectivity index (χ3v) is 5.07. The SMILES string of the molecule is COc1c(CNCC2CC3CCC2C3)c(C)nn1C. The molecule has 2 fully saturated rings. The van der Waals surface area contributed by atoms with Crippen molar-refractivity contribution in [1.29, 1.82) is 0 Å². The Morgan fingerprint density at radius 1 is 1.37 bits per heavy atom. The largest absolute Gasteiger partial charge is 0.481 e. The number of ether oxygens (including phenoxy) is 1. The first-order valence-electron chi connectivity index (χ1n) is 7.46. The fraction of sp³-hybridized carbons (Fsp3) is 0.800. The van der Waals surface area contributed by atoms with Crippen LogP contribution in [-0.4, -0.2) is 23.4 Å². The van der Waals surface area contributed by atoms with Crippen LogP contribution in [0.1, 0.15) is 36.9 Å². The van der Waals surface area contributed by atoms with Crippen molar-refractivity contribution in [3.05, 3.63) is 11.3 Å². The lowest BCUT2D eigenvalue weighted by atomic mass is 9.89. The van der Waals surface area contributed by atoms with Crippen molar-refractivity contribution in [3.8, 4) is 5.88 Å². The van der Waals surface area contributed by atoms with Crippen molar-refractivity contribution in [1.82, 2.24) is 15.1 Å². The molecule has 3 atom stereocenters. The smallest absolute Gasteiger partial charge is 0.216 e. The van der Waals surface area contributed by atoms with Crippen LogP contribution in [0.25, 0.3) is 0 Å². The highest BCUT2D eigenvalue weighted by Gasteiger charge is 2.38. The van der Waals surface area contributed by atoms with Crippen LogP contribution in [0.15, 0.2) is 0 Å². The number of hydrogen-bond acceptors (Lipinski definition) is 3. The summed E-state index contributed by atoms with van der Waals surface area (Å²) in [4.78, 5) is 0. The number of nitrogens with zero attached hydrogens (tertiary/aromatic N) is 2. The highest BCUT2D eigenvalue weighted by molar-refractivity contribution is 5.30. The summed E-state index contributed by atoms with van der Waals surface area (Å²) in [7, 11) is 3.65. The Morgan fingerprint density at radius 3 is 2.84 bits per heavy atom. The lowest BCUT2D eigenvalue weighted by molar-refractivity contribution is 0.316. The van der Waals surface area contributed by atoms with Crippen molar-refractivity contribution >= 4 is 0 Å². The van der Waals surface area contributed by atoms with Crippen LogP contribution in [-0.2, 0) is 13.6 Å². The Morgan fingerprint density at radius 2 is 2.21 bits per heavy atom. The zero-order valence-corrected chi connectivity index (χ0v) is 12.3. The van der Waals surface area contributed by atoms with Gasteiger partial charge in [-0.3, -0.25) is 0 Å². The number of rotatable bonds is 5. The summed E-state index contributed by atoms with van der Waals surface area (Å²) in [6.07, 6.45) is 5.88. The minimum absolute atomic E-state index is 0.872. The molecule has 0 radical (unpaired) electrons. The second-order valence-corrected chi connectivity index (χ2v) is 6.26. The summed E-state index contributed by atoms with van der Waals surface area (Å²) in [5, 5.41) is 8.05. The molecule has 4 nitrogen and oxygen atoms in total. The van der Waals surface area contributed by atoms with Gasteiger partial charge in [0.2, 0.25) is 5.88 Å². The van der Waals surface area contributed by atoms with E-state index in [0.717, 1.165) is 42.4 Å². The monoisotopic (exact) mass is 263 g/mol. The summed E-state index contributed by atoms with van der Waals surface area (Å²) < 4.78 is 7.25. The van der Waals surface area contributed by atoms with E-state index in [4.69, 9.17) is 4.74 Å². The van der Waals surface area contributed by atoms with E-state index in [1.54, 1.807) is 7.11 Å². The normalized spacial score (nSPS) is 29.1. The highest BCUT2D eigenvalue weighted by atomic mass is 16.5. The van der Waals surface area contributed by atoms with Crippen molar-refractivity contribution in [2.24, 2.45) is 24.8 Å². The maximum atomic E-state index is 5.43. The van der Waals surface area contributed by atoms with E-state index in [0.29, 0.717) is 0 Å². The van der Waals surface area contributed by atoms with Gasteiger partial charge in [0.25, 0.3) is 0 Å². The predicted molar refractivity (Wildman–Crippen MR) is 75.1 cm³/mol. The second kappa shape index (κ2) is 5.16. The molecule has 4 heteroatoms. The quantitative estimate of drug-likeness (QED) is 0.885. The molecule has 106 valence electrons. The van der Waals surface area contributed by atoms with E-state index in [-0.39, 0.29) is 0 Å². The van der Waals surface area contributed by atoms with Crippen LogP contribution in [0.3, 0.4) is 0 Å². The molecule has 2 aliphatic carbocycles. The average Bonchev–Trinajstić information content (AvgIpc) is 3.05. The third kappa shape index (κ3) is 2.38. The van der Waals surface area contributed by atoms with Crippen molar-refractivity contribution in [2.45, 2.75) is 39.2 Å². The van der Waals surface area contributed by atoms with Gasteiger partial charge in [0.1, 0.15) is 0 Å². The van der Waals surface area contributed by atoms with Crippen LogP contribution < -0.4 is 10.1 Å². The van der Waals surface area contributed by atoms with Gasteiger partial charge in [-0.2, -0.15) is 5.10 Å². The Balaban J connectivity index is 1.55. The first-order valence-corrected chi connectivity index (χ1v) is 7.46. The molecule has 3 unspecified atom stereocenters. The molecule has 1 N–H and O–H groups in total. The summed E-state index contributed by atoms with van der Waals surface area (Å²) in [5.41, 5.74) is 2.27. The van der Waals surface area contributed by atoms with Crippen LogP contribution in [0, 0.1) is 24.7 Å². The van der Waals surface area contributed by atoms with E-state index >= 15 is 0 Å². The van der Waals surface area contributed by atoms with Gasteiger partial charge in [-0.25, -0.2) is 4.68 Å². The molecule has 1 aromatic rings. The fourth-order valence-corrected chi connectivity index (χ4v) is 4.15.